The van der Waals surface area contributed by atoms with E-state index >= 15 is 0 Å². The first-order chi connectivity index (χ1) is 14.0. The monoisotopic (exact) mass is 386 g/mol. The number of hydrogen-bond donors (Lipinski definition) is 1. The standard InChI is InChI=1S/C21H14N4O4/c26-24(27)17-10-6-14(7-11-17)19-20(15-8-12-18(13-9-15)25(28)29)23-21(22-19)16-4-2-1-3-5-16/h1-13H,(H,22,23). The number of H-pyrrole nitrogens is 1. The Kier molecular flexibility index (Phi) is 4.58. The highest BCUT2D eigenvalue weighted by Crippen LogP contribution is 2.34. The summed E-state index contributed by atoms with van der Waals surface area (Å²) >= 11 is 0. The second kappa shape index (κ2) is 7.35. The van der Waals surface area contributed by atoms with Crippen LogP contribution in [-0.2, 0) is 0 Å². The molecular weight excluding hydrogens is 372 g/mol. The molecular formula is C21H14N4O4. The topological polar surface area (TPSA) is 115 Å². The van der Waals surface area contributed by atoms with Crippen molar-refractivity contribution in [2.75, 3.05) is 0 Å². The Balaban J connectivity index is 1.85. The molecule has 0 unspecified atom stereocenters. The maximum Gasteiger partial charge on any atom is 0.269 e. The highest BCUT2D eigenvalue weighted by molar-refractivity contribution is 5.81. The SMILES string of the molecule is O=[N+]([O-])c1ccc(-c2nc(-c3ccccc3)[nH]c2-c2ccc([N+](=O)[O-])cc2)cc1. The molecule has 0 amide bonds. The van der Waals surface area contributed by atoms with Gasteiger partial charge in [-0.15, -0.1) is 0 Å². The van der Waals surface area contributed by atoms with Gasteiger partial charge in [-0.25, -0.2) is 4.98 Å². The normalized spacial score (nSPS) is 10.6. The second-order valence-electron chi connectivity index (χ2n) is 6.28. The molecule has 8 heteroatoms. The van der Waals surface area contributed by atoms with Crippen molar-refractivity contribution in [2.45, 2.75) is 0 Å². The van der Waals surface area contributed by atoms with Crippen LogP contribution in [0, 0.1) is 20.2 Å². The molecule has 4 rings (SSSR count). The quantitative estimate of drug-likeness (QED) is 0.373. The first-order valence-corrected chi connectivity index (χ1v) is 8.68. The van der Waals surface area contributed by atoms with Crippen LogP contribution in [0.15, 0.2) is 78.9 Å². The van der Waals surface area contributed by atoms with Crippen LogP contribution in [0.25, 0.3) is 33.9 Å². The highest BCUT2D eigenvalue weighted by Gasteiger charge is 2.17. The molecule has 0 aliphatic rings. The van der Waals surface area contributed by atoms with E-state index in [1.807, 2.05) is 30.3 Å². The number of rotatable bonds is 5. The van der Waals surface area contributed by atoms with Gasteiger partial charge in [0.1, 0.15) is 5.82 Å². The fourth-order valence-corrected chi connectivity index (χ4v) is 3.01. The summed E-state index contributed by atoms with van der Waals surface area (Å²) in [5, 5.41) is 21.9. The fourth-order valence-electron chi connectivity index (χ4n) is 3.01. The zero-order valence-electron chi connectivity index (χ0n) is 15.0. The maximum absolute atomic E-state index is 10.9. The van der Waals surface area contributed by atoms with E-state index in [4.69, 9.17) is 4.98 Å². The van der Waals surface area contributed by atoms with Crippen molar-refractivity contribution in [1.82, 2.24) is 9.97 Å². The van der Waals surface area contributed by atoms with Crippen LogP contribution in [-0.4, -0.2) is 19.8 Å². The molecule has 4 aromatic rings. The molecule has 0 aliphatic carbocycles. The number of hydrogen-bond acceptors (Lipinski definition) is 5. The van der Waals surface area contributed by atoms with Gasteiger partial charge >= 0.3 is 0 Å². The van der Waals surface area contributed by atoms with Crippen LogP contribution < -0.4 is 0 Å². The minimum Gasteiger partial charge on any atom is -0.337 e. The zero-order chi connectivity index (χ0) is 20.4. The van der Waals surface area contributed by atoms with Crippen LogP contribution in [0.2, 0.25) is 0 Å². The number of benzene rings is 3. The Hall–Kier alpha value is -4.33. The van der Waals surface area contributed by atoms with Gasteiger partial charge in [0, 0.05) is 41.0 Å². The third-order valence-electron chi connectivity index (χ3n) is 4.47. The van der Waals surface area contributed by atoms with E-state index in [-0.39, 0.29) is 11.4 Å². The molecule has 1 aromatic heterocycles. The van der Waals surface area contributed by atoms with Crippen LogP contribution in [0.4, 0.5) is 11.4 Å². The lowest BCUT2D eigenvalue weighted by molar-refractivity contribution is -0.385. The average molecular weight is 386 g/mol. The molecule has 0 radical (unpaired) electrons. The van der Waals surface area contributed by atoms with Gasteiger partial charge in [0.2, 0.25) is 0 Å². The van der Waals surface area contributed by atoms with Crippen molar-refractivity contribution in [1.29, 1.82) is 0 Å². The molecule has 0 bridgehead atoms. The van der Waals surface area contributed by atoms with Gasteiger partial charge in [0.25, 0.3) is 11.4 Å². The number of nitro benzene ring substituents is 2. The van der Waals surface area contributed by atoms with Gasteiger partial charge in [-0.3, -0.25) is 20.2 Å². The van der Waals surface area contributed by atoms with Gasteiger partial charge in [-0.2, -0.15) is 0 Å². The number of nitrogens with zero attached hydrogens (tertiary/aromatic N) is 3. The Bertz CT molecular complexity index is 1110. The average Bonchev–Trinajstić information content (AvgIpc) is 3.20. The molecule has 0 fully saturated rings. The van der Waals surface area contributed by atoms with Gasteiger partial charge < -0.3 is 4.98 Å². The third kappa shape index (κ3) is 3.59. The molecule has 142 valence electrons. The van der Waals surface area contributed by atoms with Crippen LogP contribution in [0.1, 0.15) is 0 Å². The van der Waals surface area contributed by atoms with Gasteiger partial charge in [0.05, 0.1) is 21.2 Å². The van der Waals surface area contributed by atoms with Gasteiger partial charge in [0.15, 0.2) is 0 Å². The minimum absolute atomic E-state index is 0.00608. The van der Waals surface area contributed by atoms with E-state index in [9.17, 15) is 20.2 Å². The largest absolute Gasteiger partial charge is 0.337 e. The lowest BCUT2D eigenvalue weighted by atomic mass is 10.0. The van der Waals surface area contributed by atoms with Crippen molar-refractivity contribution < 1.29 is 9.85 Å². The van der Waals surface area contributed by atoms with Crippen molar-refractivity contribution in [3.63, 3.8) is 0 Å². The molecule has 29 heavy (non-hydrogen) atoms. The minimum atomic E-state index is -0.457. The van der Waals surface area contributed by atoms with Crippen LogP contribution in [0.3, 0.4) is 0 Å². The lowest BCUT2D eigenvalue weighted by Gasteiger charge is -2.03. The summed E-state index contributed by atoms with van der Waals surface area (Å²) in [4.78, 5) is 29.0. The number of nitro groups is 2. The van der Waals surface area contributed by atoms with Gasteiger partial charge in [-0.1, -0.05) is 30.3 Å². The first-order valence-electron chi connectivity index (χ1n) is 8.68. The predicted molar refractivity (Wildman–Crippen MR) is 108 cm³/mol. The number of nitrogens with one attached hydrogen (secondary N) is 1. The van der Waals surface area contributed by atoms with Gasteiger partial charge in [-0.05, 0) is 24.3 Å². The summed E-state index contributed by atoms with van der Waals surface area (Å²) in [5.74, 6) is 0.632. The summed E-state index contributed by atoms with van der Waals surface area (Å²) in [5.41, 5.74) is 3.56. The number of aromatic amines is 1. The zero-order valence-corrected chi connectivity index (χ0v) is 15.0. The van der Waals surface area contributed by atoms with Crippen molar-refractivity contribution >= 4 is 11.4 Å². The molecule has 3 aromatic carbocycles. The predicted octanol–water partition coefficient (Wildman–Crippen LogP) is 5.23. The first kappa shape index (κ1) is 18.1. The molecule has 1 N–H and O–H groups in total. The summed E-state index contributed by atoms with van der Waals surface area (Å²) in [6, 6.07) is 21.8. The molecule has 0 saturated carbocycles. The molecule has 0 saturated heterocycles. The van der Waals surface area contributed by atoms with E-state index in [1.54, 1.807) is 24.3 Å². The summed E-state index contributed by atoms with van der Waals surface area (Å²) < 4.78 is 0. The summed E-state index contributed by atoms with van der Waals surface area (Å²) in [6.45, 7) is 0. The van der Waals surface area contributed by atoms with E-state index < -0.39 is 9.85 Å². The second-order valence-corrected chi connectivity index (χ2v) is 6.28. The van der Waals surface area contributed by atoms with E-state index in [1.165, 1.54) is 24.3 Å². The Morgan fingerprint density at radius 2 is 1.17 bits per heavy atom. The number of imidazole rings is 1. The Labute approximate surface area is 164 Å². The van der Waals surface area contributed by atoms with E-state index in [2.05, 4.69) is 4.98 Å². The number of aromatic nitrogens is 2. The summed E-state index contributed by atoms with van der Waals surface area (Å²) in [7, 11) is 0. The molecule has 8 nitrogen and oxygen atoms in total. The highest BCUT2D eigenvalue weighted by atomic mass is 16.6. The molecule has 0 spiro atoms. The smallest absolute Gasteiger partial charge is 0.269 e. The number of non-ortho nitro benzene ring substituents is 2. The summed E-state index contributed by atoms with van der Waals surface area (Å²) in [6.07, 6.45) is 0. The Morgan fingerprint density at radius 1 is 0.655 bits per heavy atom. The molecule has 0 atom stereocenters. The van der Waals surface area contributed by atoms with Crippen molar-refractivity contribution in [2.24, 2.45) is 0 Å². The molecule has 0 aliphatic heterocycles. The lowest BCUT2D eigenvalue weighted by Crippen LogP contribution is -1.89. The fraction of sp³-hybridized carbons (Fsp3) is 0. The Morgan fingerprint density at radius 3 is 1.69 bits per heavy atom. The maximum atomic E-state index is 10.9. The van der Waals surface area contributed by atoms with Crippen LogP contribution in [0.5, 0.6) is 0 Å². The van der Waals surface area contributed by atoms with E-state index in [0.717, 1.165) is 11.1 Å². The third-order valence-corrected chi connectivity index (χ3v) is 4.47. The van der Waals surface area contributed by atoms with Crippen molar-refractivity contribution in [3.05, 3.63) is 99.1 Å². The van der Waals surface area contributed by atoms with Crippen LogP contribution >= 0.6 is 0 Å². The molecule has 1 heterocycles. The van der Waals surface area contributed by atoms with Crippen molar-refractivity contribution in [3.8, 4) is 33.9 Å². The van der Waals surface area contributed by atoms with E-state index in [0.29, 0.717) is 22.8 Å².